The van der Waals surface area contributed by atoms with E-state index in [1.807, 2.05) is 13.8 Å². The Labute approximate surface area is 149 Å². The third-order valence-electron chi connectivity index (χ3n) is 4.08. The first-order chi connectivity index (χ1) is 11.8. The molecule has 0 fully saturated rings. The SMILES string of the molecule is COc1ccccc1C(=O)Nc1sc2c(c1C(=O)O)CC(C)(C)OC2. The molecule has 0 aliphatic carbocycles. The van der Waals surface area contributed by atoms with E-state index in [9.17, 15) is 14.7 Å². The lowest BCUT2D eigenvalue weighted by Crippen LogP contribution is -2.31. The van der Waals surface area contributed by atoms with Crippen LogP contribution in [-0.2, 0) is 17.8 Å². The molecule has 1 aliphatic heterocycles. The van der Waals surface area contributed by atoms with Crippen LogP contribution in [0.5, 0.6) is 5.75 Å². The summed E-state index contributed by atoms with van der Waals surface area (Å²) in [5.41, 5.74) is 0.815. The van der Waals surface area contributed by atoms with E-state index in [4.69, 9.17) is 9.47 Å². The van der Waals surface area contributed by atoms with Crippen LogP contribution in [0.15, 0.2) is 24.3 Å². The Balaban J connectivity index is 1.97. The molecule has 1 amide bonds. The smallest absolute Gasteiger partial charge is 0.339 e. The van der Waals surface area contributed by atoms with Gasteiger partial charge in [0.05, 0.1) is 30.4 Å². The summed E-state index contributed by atoms with van der Waals surface area (Å²) in [4.78, 5) is 25.2. The molecule has 132 valence electrons. The fraction of sp³-hybridized carbons (Fsp3) is 0.333. The van der Waals surface area contributed by atoms with Gasteiger partial charge in [0.15, 0.2) is 0 Å². The van der Waals surface area contributed by atoms with Gasteiger partial charge < -0.3 is 19.9 Å². The number of hydrogen-bond donors (Lipinski definition) is 2. The predicted octanol–water partition coefficient (Wildman–Crippen LogP) is 3.56. The van der Waals surface area contributed by atoms with Crippen LogP contribution in [0, 0.1) is 0 Å². The predicted molar refractivity (Wildman–Crippen MR) is 94.8 cm³/mol. The molecule has 25 heavy (non-hydrogen) atoms. The number of para-hydroxylation sites is 1. The summed E-state index contributed by atoms with van der Waals surface area (Å²) in [5, 5.41) is 12.7. The van der Waals surface area contributed by atoms with E-state index >= 15 is 0 Å². The molecule has 3 rings (SSSR count). The van der Waals surface area contributed by atoms with Gasteiger partial charge in [0.25, 0.3) is 5.91 Å². The first-order valence-corrected chi connectivity index (χ1v) is 8.60. The lowest BCUT2D eigenvalue weighted by molar-refractivity contribution is -0.0384. The molecule has 1 aromatic heterocycles. The van der Waals surface area contributed by atoms with Crippen LogP contribution in [0.25, 0.3) is 0 Å². The third kappa shape index (κ3) is 3.38. The first kappa shape index (κ1) is 17.4. The summed E-state index contributed by atoms with van der Waals surface area (Å²) in [6.45, 7) is 4.19. The molecule has 2 aromatic rings. The van der Waals surface area contributed by atoms with Gasteiger partial charge in [-0.05, 0) is 31.5 Å². The standard InChI is InChI=1S/C18H19NO5S/c1-18(2)8-11-13(9-24-18)25-16(14(11)17(21)22)19-15(20)10-6-4-5-7-12(10)23-3/h4-7H,8-9H2,1-3H3,(H,19,20)(H,21,22). The molecule has 0 radical (unpaired) electrons. The summed E-state index contributed by atoms with van der Waals surface area (Å²) in [6, 6.07) is 6.81. The maximum absolute atomic E-state index is 12.6. The van der Waals surface area contributed by atoms with Gasteiger partial charge in [0, 0.05) is 11.3 Å². The van der Waals surface area contributed by atoms with Gasteiger partial charge in [0.1, 0.15) is 10.8 Å². The number of methoxy groups -OCH3 is 1. The van der Waals surface area contributed by atoms with Crippen molar-refractivity contribution >= 4 is 28.2 Å². The summed E-state index contributed by atoms with van der Waals surface area (Å²) >= 11 is 1.25. The van der Waals surface area contributed by atoms with E-state index in [-0.39, 0.29) is 5.56 Å². The Bertz CT molecular complexity index is 840. The van der Waals surface area contributed by atoms with Gasteiger partial charge in [-0.25, -0.2) is 4.79 Å². The molecule has 7 heteroatoms. The average Bonchev–Trinajstić information content (AvgIpc) is 2.90. The number of hydrogen-bond acceptors (Lipinski definition) is 5. The minimum Gasteiger partial charge on any atom is -0.496 e. The van der Waals surface area contributed by atoms with E-state index < -0.39 is 17.5 Å². The van der Waals surface area contributed by atoms with Crippen LogP contribution in [-0.4, -0.2) is 29.7 Å². The molecule has 0 saturated heterocycles. The number of carbonyl (C=O) groups is 2. The van der Waals surface area contributed by atoms with Crippen LogP contribution in [0.3, 0.4) is 0 Å². The molecule has 6 nitrogen and oxygen atoms in total. The Morgan fingerprint density at radius 3 is 2.72 bits per heavy atom. The summed E-state index contributed by atoms with van der Waals surface area (Å²) in [7, 11) is 1.48. The second-order valence-corrected chi connectivity index (χ2v) is 7.50. The number of benzene rings is 1. The van der Waals surface area contributed by atoms with Crippen molar-refractivity contribution in [3.05, 3.63) is 45.8 Å². The number of carboxylic acids is 1. The fourth-order valence-corrected chi connectivity index (χ4v) is 3.99. The first-order valence-electron chi connectivity index (χ1n) is 7.78. The van der Waals surface area contributed by atoms with Crippen molar-refractivity contribution in [3.63, 3.8) is 0 Å². The van der Waals surface area contributed by atoms with Crippen molar-refractivity contribution in [2.45, 2.75) is 32.5 Å². The van der Waals surface area contributed by atoms with E-state index in [2.05, 4.69) is 5.32 Å². The normalized spacial score (nSPS) is 15.3. The van der Waals surface area contributed by atoms with Gasteiger partial charge in [0.2, 0.25) is 0 Å². The van der Waals surface area contributed by atoms with Crippen molar-refractivity contribution in [2.75, 3.05) is 12.4 Å². The second kappa shape index (κ2) is 6.50. The number of ether oxygens (including phenoxy) is 2. The highest BCUT2D eigenvalue weighted by atomic mass is 32.1. The van der Waals surface area contributed by atoms with Crippen LogP contribution >= 0.6 is 11.3 Å². The van der Waals surface area contributed by atoms with Crippen molar-refractivity contribution in [1.29, 1.82) is 0 Å². The highest BCUT2D eigenvalue weighted by Crippen LogP contribution is 2.40. The van der Waals surface area contributed by atoms with Crippen LogP contribution in [0.4, 0.5) is 5.00 Å². The Morgan fingerprint density at radius 2 is 2.04 bits per heavy atom. The highest BCUT2D eigenvalue weighted by molar-refractivity contribution is 7.17. The van der Waals surface area contributed by atoms with Gasteiger partial charge in [-0.15, -0.1) is 11.3 Å². The highest BCUT2D eigenvalue weighted by Gasteiger charge is 2.34. The maximum Gasteiger partial charge on any atom is 0.339 e. The quantitative estimate of drug-likeness (QED) is 0.870. The molecule has 1 aromatic carbocycles. The zero-order chi connectivity index (χ0) is 18.2. The van der Waals surface area contributed by atoms with Crippen molar-refractivity contribution in [2.24, 2.45) is 0 Å². The van der Waals surface area contributed by atoms with Gasteiger partial charge in [-0.1, -0.05) is 12.1 Å². The molecule has 2 N–H and O–H groups in total. The number of nitrogens with one attached hydrogen (secondary N) is 1. The third-order valence-corrected chi connectivity index (χ3v) is 5.20. The van der Waals surface area contributed by atoms with Crippen molar-refractivity contribution < 1.29 is 24.2 Å². The number of fused-ring (bicyclic) bond motifs is 1. The number of thiophene rings is 1. The van der Waals surface area contributed by atoms with Gasteiger partial charge >= 0.3 is 5.97 Å². The van der Waals surface area contributed by atoms with E-state index in [1.165, 1.54) is 18.4 Å². The maximum atomic E-state index is 12.6. The largest absolute Gasteiger partial charge is 0.496 e. The topological polar surface area (TPSA) is 84.9 Å². The number of anilines is 1. The van der Waals surface area contributed by atoms with Crippen LogP contribution in [0.2, 0.25) is 0 Å². The zero-order valence-corrected chi connectivity index (χ0v) is 15.0. The van der Waals surface area contributed by atoms with E-state index in [1.54, 1.807) is 24.3 Å². The van der Waals surface area contributed by atoms with Gasteiger partial charge in [-0.2, -0.15) is 0 Å². The summed E-state index contributed by atoms with van der Waals surface area (Å²) < 4.78 is 10.9. The minimum absolute atomic E-state index is 0.152. The number of rotatable bonds is 4. The molecule has 1 aliphatic rings. The average molecular weight is 361 g/mol. The summed E-state index contributed by atoms with van der Waals surface area (Å²) in [6.07, 6.45) is 0.491. The monoisotopic (exact) mass is 361 g/mol. The van der Waals surface area contributed by atoms with E-state index in [0.29, 0.717) is 29.3 Å². The number of carbonyl (C=O) groups excluding carboxylic acids is 1. The van der Waals surface area contributed by atoms with Crippen molar-refractivity contribution in [1.82, 2.24) is 0 Å². The van der Waals surface area contributed by atoms with Crippen LogP contribution < -0.4 is 10.1 Å². The number of aromatic carboxylic acids is 1. The Kier molecular flexibility index (Phi) is 4.53. The molecule has 0 bridgehead atoms. The minimum atomic E-state index is -1.05. The summed E-state index contributed by atoms with van der Waals surface area (Å²) in [5.74, 6) is -1.02. The Hall–Kier alpha value is -2.38. The number of amides is 1. The van der Waals surface area contributed by atoms with E-state index in [0.717, 1.165) is 10.4 Å². The molecule has 0 saturated carbocycles. The zero-order valence-electron chi connectivity index (χ0n) is 14.2. The molecular formula is C18H19NO5S. The lowest BCUT2D eigenvalue weighted by atomic mass is 9.93. The molecule has 0 spiro atoms. The second-order valence-electron chi connectivity index (χ2n) is 6.39. The Morgan fingerprint density at radius 1 is 1.32 bits per heavy atom. The molecule has 0 atom stereocenters. The molecule has 0 unspecified atom stereocenters. The van der Waals surface area contributed by atoms with Gasteiger partial charge in [-0.3, -0.25) is 4.79 Å². The molecule has 2 heterocycles. The fourth-order valence-electron chi connectivity index (χ4n) is 2.87. The number of carboxylic acid groups (broad SMARTS) is 1. The molecular weight excluding hydrogens is 342 g/mol. The van der Waals surface area contributed by atoms with Crippen molar-refractivity contribution in [3.8, 4) is 5.75 Å². The van der Waals surface area contributed by atoms with Crippen LogP contribution in [0.1, 0.15) is 45.0 Å². The lowest BCUT2D eigenvalue weighted by Gasteiger charge is -2.30.